The van der Waals surface area contributed by atoms with Gasteiger partial charge in [0.2, 0.25) is 0 Å². The highest BCUT2D eigenvalue weighted by molar-refractivity contribution is 5.81. The number of guanidine groups is 1. The number of rotatable bonds is 5. The Morgan fingerprint density at radius 3 is 2.95 bits per heavy atom. The van der Waals surface area contributed by atoms with E-state index < -0.39 is 0 Å². The molecule has 0 saturated heterocycles. The fourth-order valence-corrected chi connectivity index (χ4v) is 3.24. The topological polar surface area (TPSA) is 45.7 Å². The summed E-state index contributed by atoms with van der Waals surface area (Å²) < 4.78 is 5.74. The number of para-hydroxylation sites is 1. The van der Waals surface area contributed by atoms with Crippen LogP contribution in [0, 0.1) is 5.92 Å². The summed E-state index contributed by atoms with van der Waals surface area (Å²) in [7, 11) is 0. The Morgan fingerprint density at radius 1 is 1.27 bits per heavy atom. The predicted molar refractivity (Wildman–Crippen MR) is 90.3 cm³/mol. The Labute approximate surface area is 133 Å². The van der Waals surface area contributed by atoms with Crippen LogP contribution in [0.15, 0.2) is 29.3 Å². The summed E-state index contributed by atoms with van der Waals surface area (Å²) in [5, 5.41) is 7.21. The van der Waals surface area contributed by atoms with Gasteiger partial charge in [-0.15, -0.1) is 0 Å². The second-order valence-electron chi connectivity index (χ2n) is 6.23. The van der Waals surface area contributed by atoms with Crippen molar-refractivity contribution in [3.8, 4) is 5.75 Å². The first kappa shape index (κ1) is 15.2. The zero-order valence-corrected chi connectivity index (χ0v) is 13.6. The van der Waals surface area contributed by atoms with Crippen LogP contribution in [-0.4, -0.2) is 25.2 Å². The van der Waals surface area contributed by atoms with Crippen molar-refractivity contribution in [2.24, 2.45) is 10.9 Å². The first-order valence-corrected chi connectivity index (χ1v) is 8.61. The molecule has 2 N–H and O–H groups in total. The van der Waals surface area contributed by atoms with Gasteiger partial charge in [0.25, 0.3) is 0 Å². The van der Waals surface area contributed by atoms with Gasteiger partial charge in [0.05, 0.1) is 12.6 Å². The number of aliphatic imine (C=N–C) groups is 1. The molecule has 4 nitrogen and oxygen atoms in total. The fraction of sp³-hybridized carbons (Fsp3) is 0.611. The van der Waals surface area contributed by atoms with E-state index in [1.54, 1.807) is 0 Å². The zero-order valence-electron chi connectivity index (χ0n) is 13.6. The Balaban J connectivity index is 1.64. The summed E-state index contributed by atoms with van der Waals surface area (Å²) in [4.78, 5) is 4.62. The molecule has 1 fully saturated rings. The van der Waals surface area contributed by atoms with Crippen LogP contribution < -0.4 is 15.4 Å². The quantitative estimate of drug-likeness (QED) is 0.648. The number of hydrogen-bond donors (Lipinski definition) is 2. The summed E-state index contributed by atoms with van der Waals surface area (Å²) in [5.41, 5.74) is 1.24. The molecular formula is C18H27N3O. The van der Waals surface area contributed by atoms with E-state index in [1.807, 2.05) is 12.1 Å². The number of ether oxygens (including phenoxy) is 1. The molecule has 4 heteroatoms. The standard InChI is InChI=1S/C18H27N3O/c1-3-7-13-12-16(13)21-18(19-4-2)20-15-10-11-22-17-9-6-5-8-14(15)17/h5-6,8-9,13,15-16H,3-4,7,10-12H2,1-2H3,(H2,19,20,21). The molecule has 1 aromatic rings. The molecule has 0 bridgehead atoms. The Bertz CT molecular complexity index is 529. The summed E-state index contributed by atoms with van der Waals surface area (Å²) in [6.07, 6.45) is 4.84. The van der Waals surface area contributed by atoms with Crippen LogP contribution in [0.3, 0.4) is 0 Å². The molecule has 0 amide bonds. The highest BCUT2D eigenvalue weighted by Gasteiger charge is 2.37. The van der Waals surface area contributed by atoms with Gasteiger partial charge in [0.1, 0.15) is 5.75 Å². The maximum absolute atomic E-state index is 5.74. The zero-order chi connectivity index (χ0) is 15.4. The van der Waals surface area contributed by atoms with Crippen molar-refractivity contribution in [3.05, 3.63) is 29.8 Å². The maximum Gasteiger partial charge on any atom is 0.191 e. The van der Waals surface area contributed by atoms with E-state index in [-0.39, 0.29) is 6.04 Å². The van der Waals surface area contributed by atoms with Gasteiger partial charge >= 0.3 is 0 Å². The SMILES string of the molecule is CCCC1CC1NC(=NCC)NC1CCOc2ccccc21. The van der Waals surface area contributed by atoms with Gasteiger partial charge in [-0.3, -0.25) is 4.99 Å². The lowest BCUT2D eigenvalue weighted by molar-refractivity contribution is 0.261. The fourth-order valence-electron chi connectivity index (χ4n) is 3.24. The van der Waals surface area contributed by atoms with Gasteiger partial charge in [0, 0.05) is 24.6 Å². The van der Waals surface area contributed by atoms with Crippen LogP contribution in [0.2, 0.25) is 0 Å². The molecule has 1 aliphatic carbocycles. The maximum atomic E-state index is 5.74. The van der Waals surface area contributed by atoms with Crippen molar-refractivity contribution in [1.82, 2.24) is 10.6 Å². The highest BCUT2D eigenvalue weighted by Crippen LogP contribution is 2.35. The molecule has 1 saturated carbocycles. The van der Waals surface area contributed by atoms with Crippen molar-refractivity contribution in [1.29, 1.82) is 0 Å². The van der Waals surface area contributed by atoms with Gasteiger partial charge in [-0.05, 0) is 31.7 Å². The molecule has 1 aliphatic heterocycles. The van der Waals surface area contributed by atoms with E-state index in [1.165, 1.54) is 24.8 Å². The van der Waals surface area contributed by atoms with E-state index >= 15 is 0 Å². The van der Waals surface area contributed by atoms with E-state index in [4.69, 9.17) is 4.74 Å². The molecular weight excluding hydrogens is 274 g/mol. The lowest BCUT2D eigenvalue weighted by atomic mass is 10.0. The van der Waals surface area contributed by atoms with Crippen molar-refractivity contribution >= 4 is 5.96 Å². The van der Waals surface area contributed by atoms with E-state index in [9.17, 15) is 0 Å². The molecule has 2 aliphatic rings. The van der Waals surface area contributed by atoms with Crippen LogP contribution >= 0.6 is 0 Å². The minimum Gasteiger partial charge on any atom is -0.493 e. The lowest BCUT2D eigenvalue weighted by Crippen LogP contribution is -2.42. The van der Waals surface area contributed by atoms with Crippen molar-refractivity contribution < 1.29 is 4.74 Å². The minimum absolute atomic E-state index is 0.283. The van der Waals surface area contributed by atoms with Crippen LogP contribution in [0.25, 0.3) is 0 Å². The molecule has 22 heavy (non-hydrogen) atoms. The molecule has 3 rings (SSSR count). The highest BCUT2D eigenvalue weighted by atomic mass is 16.5. The Kier molecular flexibility index (Phi) is 4.86. The van der Waals surface area contributed by atoms with E-state index in [2.05, 4.69) is 41.6 Å². The van der Waals surface area contributed by atoms with Crippen molar-refractivity contribution in [3.63, 3.8) is 0 Å². The third-order valence-electron chi connectivity index (χ3n) is 4.49. The third-order valence-corrected chi connectivity index (χ3v) is 4.49. The molecule has 3 unspecified atom stereocenters. The molecule has 0 spiro atoms. The smallest absolute Gasteiger partial charge is 0.191 e. The lowest BCUT2D eigenvalue weighted by Gasteiger charge is -2.28. The number of nitrogens with zero attached hydrogens (tertiary/aromatic N) is 1. The van der Waals surface area contributed by atoms with Crippen LogP contribution in [0.1, 0.15) is 51.1 Å². The van der Waals surface area contributed by atoms with Gasteiger partial charge < -0.3 is 15.4 Å². The van der Waals surface area contributed by atoms with Gasteiger partial charge in [-0.25, -0.2) is 0 Å². The second-order valence-corrected chi connectivity index (χ2v) is 6.23. The van der Waals surface area contributed by atoms with E-state index in [0.29, 0.717) is 6.04 Å². The van der Waals surface area contributed by atoms with Crippen LogP contribution in [-0.2, 0) is 0 Å². The first-order chi connectivity index (χ1) is 10.8. The number of nitrogens with one attached hydrogen (secondary N) is 2. The van der Waals surface area contributed by atoms with Gasteiger partial charge in [-0.1, -0.05) is 31.5 Å². The van der Waals surface area contributed by atoms with Crippen LogP contribution in [0.5, 0.6) is 5.75 Å². The van der Waals surface area contributed by atoms with E-state index in [0.717, 1.165) is 37.2 Å². The largest absolute Gasteiger partial charge is 0.493 e. The molecule has 120 valence electrons. The molecule has 0 radical (unpaired) electrons. The molecule has 3 atom stereocenters. The van der Waals surface area contributed by atoms with Crippen molar-refractivity contribution in [2.45, 2.75) is 51.6 Å². The summed E-state index contributed by atoms with van der Waals surface area (Å²) in [5.74, 6) is 2.78. The third kappa shape index (κ3) is 3.54. The second kappa shape index (κ2) is 7.03. The van der Waals surface area contributed by atoms with Gasteiger partial charge in [0.15, 0.2) is 5.96 Å². The normalized spacial score (nSPS) is 26.8. The monoisotopic (exact) mass is 301 g/mol. The van der Waals surface area contributed by atoms with Crippen LogP contribution in [0.4, 0.5) is 0 Å². The molecule has 1 aromatic carbocycles. The van der Waals surface area contributed by atoms with Gasteiger partial charge in [-0.2, -0.15) is 0 Å². The average Bonchev–Trinajstić information content (AvgIpc) is 3.26. The Hall–Kier alpha value is -1.71. The minimum atomic E-state index is 0.283. The predicted octanol–water partition coefficient (Wildman–Crippen LogP) is 3.25. The molecule has 1 heterocycles. The average molecular weight is 301 g/mol. The van der Waals surface area contributed by atoms with Crippen molar-refractivity contribution in [2.75, 3.05) is 13.2 Å². The number of hydrogen-bond acceptors (Lipinski definition) is 2. The number of fused-ring (bicyclic) bond motifs is 1. The molecule has 0 aromatic heterocycles. The Morgan fingerprint density at radius 2 is 2.14 bits per heavy atom. The summed E-state index contributed by atoms with van der Waals surface area (Å²) in [6, 6.07) is 9.18. The summed E-state index contributed by atoms with van der Waals surface area (Å²) >= 11 is 0. The number of benzene rings is 1. The first-order valence-electron chi connectivity index (χ1n) is 8.61. The summed E-state index contributed by atoms with van der Waals surface area (Å²) in [6.45, 7) is 5.90.